The van der Waals surface area contributed by atoms with Crippen molar-refractivity contribution in [1.29, 1.82) is 0 Å². The lowest BCUT2D eigenvalue weighted by molar-refractivity contribution is -0.140. The molecule has 0 saturated heterocycles. The molecular weight excluding hydrogens is 188 g/mol. The Morgan fingerprint density at radius 2 is 2.38 bits per heavy atom. The van der Waals surface area contributed by atoms with Crippen LogP contribution in [0, 0.1) is 0 Å². The van der Waals surface area contributed by atoms with Gasteiger partial charge < -0.3 is 15.4 Å². The fourth-order valence-corrected chi connectivity index (χ4v) is 1.23. The number of rotatable bonds is 3. The van der Waals surface area contributed by atoms with Crippen LogP contribution in [-0.2, 0) is 4.79 Å². The third-order valence-electron chi connectivity index (χ3n) is 1.81. The predicted octanol–water partition coefficient (Wildman–Crippen LogP) is 0.768. The lowest BCUT2D eigenvalue weighted by atomic mass is 10.3. The summed E-state index contributed by atoms with van der Waals surface area (Å²) in [5.41, 5.74) is 5.99. The highest BCUT2D eigenvalue weighted by Gasteiger charge is 2.15. The first-order valence-corrected chi connectivity index (χ1v) is 4.14. The van der Waals surface area contributed by atoms with Gasteiger partial charge in [-0.15, -0.1) is 0 Å². The molecule has 0 spiro atoms. The molecule has 4 nitrogen and oxygen atoms in total. The van der Waals surface area contributed by atoms with E-state index in [4.69, 9.17) is 23.1 Å². The van der Waals surface area contributed by atoms with Gasteiger partial charge in [-0.05, 0) is 19.1 Å². The van der Waals surface area contributed by atoms with Crippen molar-refractivity contribution in [2.24, 2.45) is 5.73 Å². The molecule has 0 bridgehead atoms. The number of hydrogen-bond donors (Lipinski definition) is 2. The van der Waals surface area contributed by atoms with E-state index in [1.807, 2.05) is 0 Å². The van der Waals surface area contributed by atoms with E-state index in [1.54, 1.807) is 25.3 Å². The largest absolute Gasteiger partial charge is 0.480 e. The van der Waals surface area contributed by atoms with E-state index in [0.717, 1.165) is 0 Å². The second-order valence-electron chi connectivity index (χ2n) is 2.68. The summed E-state index contributed by atoms with van der Waals surface area (Å²) in [6, 6.07) is 2.77. The van der Waals surface area contributed by atoms with Gasteiger partial charge in [-0.3, -0.25) is 0 Å². The molecule has 0 aliphatic heterocycles. The van der Waals surface area contributed by atoms with Crippen LogP contribution in [0.4, 0.5) is 0 Å². The highest BCUT2D eigenvalue weighted by molar-refractivity contribution is 7.80. The first kappa shape index (κ1) is 9.73. The molecule has 0 amide bonds. The number of aromatic nitrogens is 1. The SMILES string of the molecule is CC(C(=O)O)n1cccc1C(N)=S. The molecule has 0 saturated carbocycles. The molecule has 0 radical (unpaired) electrons. The molecule has 1 atom stereocenters. The van der Waals surface area contributed by atoms with Crippen molar-refractivity contribution >= 4 is 23.2 Å². The smallest absolute Gasteiger partial charge is 0.326 e. The highest BCUT2D eigenvalue weighted by Crippen LogP contribution is 2.11. The summed E-state index contributed by atoms with van der Waals surface area (Å²) < 4.78 is 1.53. The normalized spacial score (nSPS) is 12.4. The molecule has 1 aromatic heterocycles. The van der Waals surface area contributed by atoms with E-state index in [0.29, 0.717) is 5.69 Å². The van der Waals surface area contributed by atoms with Crippen LogP contribution in [0.25, 0.3) is 0 Å². The van der Waals surface area contributed by atoms with Gasteiger partial charge in [-0.1, -0.05) is 12.2 Å². The summed E-state index contributed by atoms with van der Waals surface area (Å²) in [7, 11) is 0. The van der Waals surface area contributed by atoms with Crippen molar-refractivity contribution < 1.29 is 9.90 Å². The molecule has 13 heavy (non-hydrogen) atoms. The lowest BCUT2D eigenvalue weighted by Gasteiger charge is -2.11. The fraction of sp³-hybridized carbons (Fsp3) is 0.250. The van der Waals surface area contributed by atoms with Gasteiger partial charge in [0.2, 0.25) is 0 Å². The van der Waals surface area contributed by atoms with E-state index in [9.17, 15) is 4.79 Å². The minimum absolute atomic E-state index is 0.207. The maximum atomic E-state index is 10.7. The first-order valence-electron chi connectivity index (χ1n) is 3.73. The Balaban J connectivity index is 3.07. The number of hydrogen-bond acceptors (Lipinski definition) is 2. The van der Waals surface area contributed by atoms with Gasteiger partial charge in [-0.25, -0.2) is 4.79 Å². The Labute approximate surface area is 81.0 Å². The number of carboxylic acid groups (broad SMARTS) is 1. The van der Waals surface area contributed by atoms with Crippen molar-refractivity contribution in [1.82, 2.24) is 4.57 Å². The van der Waals surface area contributed by atoms with Crippen LogP contribution in [0.5, 0.6) is 0 Å². The Kier molecular flexibility index (Phi) is 2.67. The average molecular weight is 198 g/mol. The van der Waals surface area contributed by atoms with Gasteiger partial charge in [0.1, 0.15) is 11.0 Å². The molecule has 0 aliphatic carbocycles. The van der Waals surface area contributed by atoms with Gasteiger partial charge >= 0.3 is 5.97 Å². The second-order valence-corrected chi connectivity index (χ2v) is 3.12. The lowest BCUT2D eigenvalue weighted by Crippen LogP contribution is -2.22. The third-order valence-corrected chi connectivity index (χ3v) is 2.02. The van der Waals surface area contributed by atoms with Crippen LogP contribution < -0.4 is 5.73 Å². The van der Waals surface area contributed by atoms with Gasteiger partial charge in [0.15, 0.2) is 0 Å². The molecule has 5 heteroatoms. The van der Waals surface area contributed by atoms with Crippen molar-refractivity contribution in [2.45, 2.75) is 13.0 Å². The summed E-state index contributed by atoms with van der Waals surface area (Å²) in [6.45, 7) is 1.57. The summed E-state index contributed by atoms with van der Waals surface area (Å²) in [6.07, 6.45) is 1.65. The molecule has 3 N–H and O–H groups in total. The van der Waals surface area contributed by atoms with Gasteiger partial charge in [0.25, 0.3) is 0 Å². The average Bonchev–Trinajstić information content (AvgIpc) is 2.50. The maximum Gasteiger partial charge on any atom is 0.326 e. The molecule has 70 valence electrons. The molecule has 0 aromatic carbocycles. The van der Waals surface area contributed by atoms with Crippen molar-refractivity contribution in [3.05, 3.63) is 24.0 Å². The van der Waals surface area contributed by atoms with Gasteiger partial charge in [0.05, 0.1) is 5.69 Å². The highest BCUT2D eigenvalue weighted by atomic mass is 32.1. The number of nitrogens with zero attached hydrogens (tertiary/aromatic N) is 1. The Morgan fingerprint density at radius 3 is 2.85 bits per heavy atom. The monoisotopic (exact) mass is 198 g/mol. The molecule has 0 aliphatic rings. The van der Waals surface area contributed by atoms with Crippen LogP contribution in [0.2, 0.25) is 0 Å². The van der Waals surface area contributed by atoms with Crippen LogP contribution in [-0.4, -0.2) is 20.6 Å². The number of carboxylic acids is 1. The number of carbonyl (C=O) groups is 1. The quantitative estimate of drug-likeness (QED) is 0.704. The molecule has 1 aromatic rings. The summed E-state index contributed by atoms with van der Waals surface area (Å²) in [5.74, 6) is -0.909. The minimum Gasteiger partial charge on any atom is -0.480 e. The third kappa shape index (κ3) is 1.86. The van der Waals surface area contributed by atoms with Crippen LogP contribution in [0.1, 0.15) is 18.7 Å². The van der Waals surface area contributed by atoms with Crippen LogP contribution in [0.3, 0.4) is 0 Å². The van der Waals surface area contributed by atoms with E-state index >= 15 is 0 Å². The Hall–Kier alpha value is -1.36. The minimum atomic E-state index is -0.909. The van der Waals surface area contributed by atoms with Crippen molar-refractivity contribution in [3.8, 4) is 0 Å². The zero-order valence-corrected chi connectivity index (χ0v) is 7.91. The number of nitrogens with two attached hydrogens (primary N) is 1. The van der Waals surface area contributed by atoms with Crippen LogP contribution >= 0.6 is 12.2 Å². The number of aliphatic carboxylic acids is 1. The molecular formula is C8H10N2O2S. The Morgan fingerprint density at radius 1 is 1.77 bits per heavy atom. The zero-order valence-electron chi connectivity index (χ0n) is 7.10. The van der Waals surface area contributed by atoms with Gasteiger partial charge in [0, 0.05) is 6.20 Å². The van der Waals surface area contributed by atoms with Gasteiger partial charge in [-0.2, -0.15) is 0 Å². The van der Waals surface area contributed by atoms with E-state index < -0.39 is 12.0 Å². The van der Waals surface area contributed by atoms with E-state index in [1.165, 1.54) is 4.57 Å². The Bertz CT molecular complexity index is 346. The molecule has 1 rings (SSSR count). The molecule has 0 fully saturated rings. The zero-order chi connectivity index (χ0) is 10.0. The van der Waals surface area contributed by atoms with E-state index in [-0.39, 0.29) is 4.99 Å². The fourth-order valence-electron chi connectivity index (χ4n) is 1.06. The van der Waals surface area contributed by atoms with Crippen molar-refractivity contribution in [2.75, 3.05) is 0 Å². The number of thiocarbonyl (C=S) groups is 1. The van der Waals surface area contributed by atoms with E-state index in [2.05, 4.69) is 0 Å². The standard InChI is InChI=1S/C8H10N2O2S/c1-5(8(11)12)10-4-2-3-6(10)7(9)13/h2-5H,1H3,(H2,9,13)(H,11,12). The summed E-state index contributed by atoms with van der Waals surface area (Å²) >= 11 is 4.77. The maximum absolute atomic E-state index is 10.7. The first-order chi connectivity index (χ1) is 6.04. The topological polar surface area (TPSA) is 68.2 Å². The molecule has 1 heterocycles. The molecule has 1 unspecified atom stereocenters. The predicted molar refractivity (Wildman–Crippen MR) is 52.7 cm³/mol. The second kappa shape index (κ2) is 3.57. The summed E-state index contributed by atoms with van der Waals surface area (Å²) in [5, 5.41) is 8.76. The van der Waals surface area contributed by atoms with Crippen molar-refractivity contribution in [3.63, 3.8) is 0 Å². The van der Waals surface area contributed by atoms with Crippen LogP contribution in [0.15, 0.2) is 18.3 Å². The summed E-state index contributed by atoms with van der Waals surface area (Å²) in [4.78, 5) is 10.9.